The molecule has 2 aromatic heterocycles. The molecule has 0 saturated carbocycles. The van der Waals surface area contributed by atoms with Gasteiger partial charge in [-0.2, -0.15) is 0 Å². The highest BCUT2D eigenvalue weighted by atomic mass is 15.0. The van der Waals surface area contributed by atoms with Crippen LogP contribution in [-0.2, 0) is 0 Å². The van der Waals surface area contributed by atoms with Crippen molar-refractivity contribution in [2.45, 2.75) is 0 Å². The van der Waals surface area contributed by atoms with E-state index in [-0.39, 0.29) is 6.85 Å². The quantitative estimate of drug-likeness (QED) is 0.143. The third-order valence-electron chi connectivity index (χ3n) is 9.97. The van der Waals surface area contributed by atoms with Crippen LogP contribution in [0, 0.1) is 6.57 Å². The lowest BCUT2D eigenvalue weighted by Crippen LogP contribution is -2.53. The van der Waals surface area contributed by atoms with Crippen molar-refractivity contribution in [3.63, 3.8) is 0 Å². The van der Waals surface area contributed by atoms with Crippen molar-refractivity contribution in [2.24, 2.45) is 0 Å². The van der Waals surface area contributed by atoms with Crippen molar-refractivity contribution >= 4 is 67.1 Å². The third kappa shape index (κ3) is 3.57. The van der Waals surface area contributed by atoms with E-state index in [1.807, 2.05) is 12.1 Å². The van der Waals surface area contributed by atoms with Crippen molar-refractivity contribution in [3.05, 3.63) is 169 Å². The molecule has 1 aliphatic rings. The van der Waals surface area contributed by atoms with E-state index in [4.69, 9.17) is 6.57 Å². The maximum absolute atomic E-state index is 7.76. The molecule has 47 heavy (non-hydrogen) atoms. The Morgan fingerprint density at radius 3 is 1.66 bits per heavy atom. The van der Waals surface area contributed by atoms with Crippen LogP contribution in [0.3, 0.4) is 0 Å². The van der Waals surface area contributed by atoms with Crippen LogP contribution < -0.4 is 10.9 Å². The Kier molecular flexibility index (Phi) is 5.44. The smallest absolute Gasteiger partial charge is 0.332 e. The molecule has 3 nitrogen and oxygen atoms in total. The molecule has 216 valence electrons. The van der Waals surface area contributed by atoms with Crippen LogP contribution in [0.25, 0.3) is 76.4 Å². The fourth-order valence-electron chi connectivity index (χ4n) is 8.10. The first-order chi connectivity index (χ1) is 23.3. The summed E-state index contributed by atoms with van der Waals surface area (Å²) in [7, 11) is 0. The first-order valence-electron chi connectivity index (χ1n) is 16.0. The molecular formula is C43H26BN3. The Hall–Kier alpha value is -6.31. The second-order valence-electron chi connectivity index (χ2n) is 12.4. The zero-order chi connectivity index (χ0) is 31.1. The fraction of sp³-hybridized carbons (Fsp3) is 0. The first-order valence-corrected chi connectivity index (χ1v) is 16.0. The zero-order valence-electron chi connectivity index (χ0n) is 25.4. The van der Waals surface area contributed by atoms with Gasteiger partial charge in [0.25, 0.3) is 0 Å². The van der Waals surface area contributed by atoms with Gasteiger partial charge in [0, 0.05) is 54.9 Å². The summed E-state index contributed by atoms with van der Waals surface area (Å²) in [6, 6.07) is 56.8. The van der Waals surface area contributed by atoms with Crippen LogP contribution in [0.1, 0.15) is 0 Å². The van der Waals surface area contributed by atoms with Gasteiger partial charge in [-0.15, -0.1) is 0 Å². The number of nitrogens with zero attached hydrogens (tertiary/aromatic N) is 3. The molecule has 1 aliphatic heterocycles. The normalized spacial score (nSPS) is 12.2. The molecule has 0 amide bonds. The number of aromatic nitrogens is 2. The van der Waals surface area contributed by atoms with Crippen LogP contribution in [0.2, 0.25) is 0 Å². The van der Waals surface area contributed by atoms with Gasteiger partial charge in [0.2, 0.25) is 0 Å². The molecule has 0 radical (unpaired) electrons. The Labute approximate surface area is 272 Å². The van der Waals surface area contributed by atoms with Crippen molar-refractivity contribution in [3.8, 4) is 27.9 Å². The summed E-state index contributed by atoms with van der Waals surface area (Å²) < 4.78 is 5.03. The SMILES string of the molecule is [C-]#[N+]c1ccc2c3cccc4c3n(c2c1)-c1ccccc1B4n1c2c(-c3ccccc3)cccc2c2cccc(-c3ccccc3)c21. The number of para-hydroxylation sites is 4. The lowest BCUT2D eigenvalue weighted by Gasteiger charge is -2.29. The maximum atomic E-state index is 7.76. The van der Waals surface area contributed by atoms with E-state index in [0.717, 1.165) is 11.2 Å². The van der Waals surface area contributed by atoms with Crippen LogP contribution >= 0.6 is 0 Å². The van der Waals surface area contributed by atoms with Gasteiger partial charge in [-0.3, -0.25) is 0 Å². The van der Waals surface area contributed by atoms with E-state index in [0.29, 0.717) is 5.69 Å². The van der Waals surface area contributed by atoms with Crippen molar-refractivity contribution in [2.75, 3.05) is 0 Å². The van der Waals surface area contributed by atoms with Crippen molar-refractivity contribution in [1.29, 1.82) is 0 Å². The van der Waals surface area contributed by atoms with E-state index in [2.05, 4.69) is 159 Å². The van der Waals surface area contributed by atoms with Crippen LogP contribution in [0.15, 0.2) is 158 Å². The molecular weight excluding hydrogens is 569 g/mol. The minimum atomic E-state index is -0.0956. The highest BCUT2D eigenvalue weighted by molar-refractivity contribution is 6.88. The number of hydrogen-bond acceptors (Lipinski definition) is 0. The van der Waals surface area contributed by atoms with Gasteiger partial charge in [0.15, 0.2) is 5.69 Å². The van der Waals surface area contributed by atoms with E-state index < -0.39 is 0 Å². The van der Waals surface area contributed by atoms with E-state index in [1.165, 1.54) is 71.3 Å². The van der Waals surface area contributed by atoms with Gasteiger partial charge >= 0.3 is 6.85 Å². The maximum Gasteiger partial charge on any atom is 0.332 e. The number of hydrogen-bond donors (Lipinski definition) is 0. The lowest BCUT2D eigenvalue weighted by atomic mass is 9.48. The predicted octanol–water partition coefficient (Wildman–Crippen LogP) is 9.74. The van der Waals surface area contributed by atoms with Gasteiger partial charge in [0.05, 0.1) is 12.1 Å². The van der Waals surface area contributed by atoms with Crippen molar-refractivity contribution in [1.82, 2.24) is 9.05 Å². The molecule has 4 heteroatoms. The van der Waals surface area contributed by atoms with Crippen molar-refractivity contribution < 1.29 is 0 Å². The Bertz CT molecular complexity index is 2650. The van der Waals surface area contributed by atoms with Crippen LogP contribution in [0.4, 0.5) is 5.69 Å². The van der Waals surface area contributed by atoms with Gasteiger partial charge < -0.3 is 9.05 Å². The highest BCUT2D eigenvalue weighted by Crippen LogP contribution is 2.42. The van der Waals surface area contributed by atoms with Gasteiger partial charge in [0.1, 0.15) is 0 Å². The topological polar surface area (TPSA) is 14.2 Å². The average molecular weight is 596 g/mol. The second-order valence-corrected chi connectivity index (χ2v) is 12.4. The van der Waals surface area contributed by atoms with Gasteiger partial charge in [-0.05, 0) is 34.2 Å². The van der Waals surface area contributed by atoms with Gasteiger partial charge in [-0.25, -0.2) is 4.85 Å². The molecule has 10 rings (SSSR count). The lowest BCUT2D eigenvalue weighted by molar-refractivity contribution is 1.18. The number of fused-ring (bicyclic) bond motifs is 8. The zero-order valence-corrected chi connectivity index (χ0v) is 25.4. The molecule has 0 atom stereocenters. The van der Waals surface area contributed by atoms with E-state index >= 15 is 0 Å². The summed E-state index contributed by atoms with van der Waals surface area (Å²) in [4.78, 5) is 3.80. The summed E-state index contributed by atoms with van der Waals surface area (Å²) in [5, 5.41) is 4.87. The molecule has 0 saturated heterocycles. The highest BCUT2D eigenvalue weighted by Gasteiger charge is 2.37. The Morgan fingerprint density at radius 1 is 0.468 bits per heavy atom. The van der Waals surface area contributed by atoms with E-state index in [1.54, 1.807) is 0 Å². The monoisotopic (exact) mass is 595 g/mol. The second kappa shape index (κ2) is 9.85. The molecule has 0 spiro atoms. The summed E-state index contributed by atoms with van der Waals surface area (Å²) in [5.74, 6) is 0. The summed E-state index contributed by atoms with van der Waals surface area (Å²) >= 11 is 0. The molecule has 7 aromatic carbocycles. The predicted molar refractivity (Wildman–Crippen MR) is 198 cm³/mol. The first kappa shape index (κ1) is 26.0. The third-order valence-corrected chi connectivity index (χ3v) is 9.97. The largest absolute Gasteiger partial charge is 0.375 e. The minimum absolute atomic E-state index is 0.0956. The summed E-state index contributed by atoms with van der Waals surface area (Å²) in [6.07, 6.45) is 0. The fourth-order valence-corrected chi connectivity index (χ4v) is 8.10. The molecule has 3 heterocycles. The molecule has 0 bridgehead atoms. The Morgan fingerprint density at radius 2 is 1.02 bits per heavy atom. The molecule has 0 aliphatic carbocycles. The molecule has 0 N–H and O–H groups in total. The molecule has 0 fully saturated rings. The Balaban J connectivity index is 1.43. The van der Waals surface area contributed by atoms with Gasteiger partial charge in [-0.1, -0.05) is 146 Å². The molecule has 9 aromatic rings. The number of rotatable bonds is 3. The minimum Gasteiger partial charge on any atom is -0.375 e. The van der Waals surface area contributed by atoms with Crippen LogP contribution in [-0.4, -0.2) is 15.9 Å². The summed E-state index contributed by atoms with van der Waals surface area (Å²) in [6.45, 7) is 7.66. The number of benzene rings is 7. The van der Waals surface area contributed by atoms with Crippen LogP contribution in [0.5, 0.6) is 0 Å². The van der Waals surface area contributed by atoms with E-state index in [9.17, 15) is 0 Å². The standard InChI is InChI=1S/C43H26BN3/c1-45-30-25-26-33-34-21-12-23-38-43(34)46(40(33)27-30)39-24-9-8-22-37(39)44(38)47-41-31(28-13-4-2-5-14-28)17-10-19-35(41)36-20-11-18-32(42(36)47)29-15-6-3-7-16-29/h2-27H. The average Bonchev–Trinajstić information content (AvgIpc) is 3.66. The molecule has 0 unspecified atom stereocenters. The summed E-state index contributed by atoms with van der Waals surface area (Å²) in [5.41, 5.74) is 13.9.